The number of carbonyl (C=O) groups is 2. The van der Waals surface area contributed by atoms with Gasteiger partial charge in [0.2, 0.25) is 0 Å². The number of aryl methyl sites for hydroxylation is 4. The zero-order valence-corrected chi connectivity index (χ0v) is 28.7. The molecule has 0 fully saturated rings. The summed E-state index contributed by atoms with van der Waals surface area (Å²) in [6, 6.07) is 6.40. The van der Waals surface area contributed by atoms with Gasteiger partial charge in [0.05, 0.1) is 42.6 Å². The number of allylic oxidation sites excluding steroid dienone is 3. The Morgan fingerprint density at radius 1 is 0.674 bits per heavy atom. The second-order valence-electron chi connectivity index (χ2n) is 12.2. The number of nitrogens with one attached hydrogen (secondary N) is 2. The minimum absolute atomic E-state index is 0.127. The van der Waals surface area contributed by atoms with Crippen molar-refractivity contribution < 1.29 is 19.1 Å². The second kappa shape index (κ2) is 13.5. The van der Waals surface area contributed by atoms with Gasteiger partial charge in [0.1, 0.15) is 0 Å². The minimum atomic E-state index is -0.467. The first-order valence-electron chi connectivity index (χ1n) is 16.4. The van der Waals surface area contributed by atoms with Crippen LogP contribution in [0.25, 0.3) is 44.4 Å². The number of nitrogens with zero attached hydrogens (tertiary/aromatic N) is 2. The Bertz CT molecular complexity index is 1950. The molecule has 3 aromatic rings. The Kier molecular flexibility index (Phi) is 9.66. The fraction of sp³-hybridized carbons (Fsp3) is 0.421. The van der Waals surface area contributed by atoms with Crippen LogP contribution in [0.3, 0.4) is 0 Å². The molecule has 0 atom stereocenters. The van der Waals surface area contributed by atoms with E-state index in [1.807, 2.05) is 13.0 Å². The number of aromatic amines is 2. The summed E-state index contributed by atoms with van der Waals surface area (Å²) < 4.78 is 10.3. The van der Waals surface area contributed by atoms with E-state index < -0.39 is 5.97 Å². The topological polar surface area (TPSA) is 110 Å². The summed E-state index contributed by atoms with van der Waals surface area (Å²) in [5, 5.41) is 0. The molecular weight excluding hydrogens is 576 g/mol. The number of carbonyl (C=O) groups excluding carboxylic acids is 2. The van der Waals surface area contributed by atoms with E-state index in [9.17, 15) is 9.59 Å². The maximum absolute atomic E-state index is 13.4. The van der Waals surface area contributed by atoms with Crippen LogP contribution >= 0.6 is 0 Å². The molecule has 5 rings (SSSR count). The lowest BCUT2D eigenvalue weighted by Gasteiger charge is -2.11. The number of hydrogen-bond donors (Lipinski definition) is 2. The Labute approximate surface area is 271 Å². The van der Waals surface area contributed by atoms with Crippen molar-refractivity contribution in [3.63, 3.8) is 0 Å². The molecule has 0 radical (unpaired) electrons. The summed E-state index contributed by atoms with van der Waals surface area (Å²) in [4.78, 5) is 43.7. The number of methoxy groups -OCH3 is 2. The van der Waals surface area contributed by atoms with Gasteiger partial charge in [0, 0.05) is 34.1 Å². The van der Waals surface area contributed by atoms with Gasteiger partial charge in [-0.15, -0.1) is 0 Å². The van der Waals surface area contributed by atoms with Crippen molar-refractivity contribution in [3.05, 3.63) is 68.8 Å². The van der Waals surface area contributed by atoms with Gasteiger partial charge < -0.3 is 19.4 Å². The Balaban J connectivity index is 2.04. The predicted octanol–water partition coefficient (Wildman–Crippen LogP) is 8.39. The Hall–Kier alpha value is -4.46. The fourth-order valence-electron chi connectivity index (χ4n) is 6.84. The van der Waals surface area contributed by atoms with Crippen molar-refractivity contribution in [2.24, 2.45) is 0 Å². The van der Waals surface area contributed by atoms with E-state index in [1.54, 1.807) is 0 Å². The number of H-pyrrole nitrogens is 2. The molecule has 2 aliphatic heterocycles. The van der Waals surface area contributed by atoms with Crippen molar-refractivity contribution >= 4 is 56.3 Å². The second-order valence-corrected chi connectivity index (χ2v) is 12.2. The van der Waals surface area contributed by atoms with Crippen LogP contribution in [0.5, 0.6) is 0 Å². The fourth-order valence-corrected chi connectivity index (χ4v) is 6.84. The molecule has 0 aromatic carbocycles. The first-order valence-corrected chi connectivity index (χ1v) is 16.4. The van der Waals surface area contributed by atoms with Crippen LogP contribution in [-0.4, -0.2) is 46.1 Å². The third-order valence-electron chi connectivity index (χ3n) is 9.46. The molecule has 242 valence electrons. The number of rotatable bonds is 9. The molecule has 5 heterocycles. The molecule has 46 heavy (non-hydrogen) atoms. The van der Waals surface area contributed by atoms with Crippen molar-refractivity contribution in [2.75, 3.05) is 14.2 Å². The Morgan fingerprint density at radius 2 is 1.26 bits per heavy atom. The molecule has 0 amide bonds. The van der Waals surface area contributed by atoms with Gasteiger partial charge in [0.25, 0.3) is 0 Å². The van der Waals surface area contributed by atoms with E-state index in [1.165, 1.54) is 36.5 Å². The van der Waals surface area contributed by atoms with Crippen molar-refractivity contribution in [1.29, 1.82) is 0 Å². The maximum atomic E-state index is 13.4. The molecule has 8 heteroatoms. The van der Waals surface area contributed by atoms with Crippen LogP contribution in [0.15, 0.2) is 18.2 Å². The molecule has 2 aliphatic rings. The van der Waals surface area contributed by atoms with E-state index >= 15 is 0 Å². The molecule has 8 bridgehead atoms. The predicted molar refractivity (Wildman–Crippen MR) is 186 cm³/mol. The van der Waals surface area contributed by atoms with Crippen LogP contribution < -0.4 is 0 Å². The van der Waals surface area contributed by atoms with Crippen LogP contribution in [0, 0.1) is 13.8 Å². The van der Waals surface area contributed by atoms with Gasteiger partial charge in [-0.2, -0.15) is 0 Å². The molecule has 0 saturated carbocycles. The highest BCUT2D eigenvalue weighted by molar-refractivity contribution is 6.25. The summed E-state index contributed by atoms with van der Waals surface area (Å²) >= 11 is 0. The molecule has 2 N–H and O–H groups in total. The largest absolute Gasteiger partial charge is 0.469 e. The van der Waals surface area contributed by atoms with Crippen molar-refractivity contribution in [2.45, 2.75) is 93.4 Å². The molecule has 0 aliphatic carbocycles. The van der Waals surface area contributed by atoms with Gasteiger partial charge in [-0.05, 0) is 111 Å². The van der Waals surface area contributed by atoms with Gasteiger partial charge in [0.15, 0.2) is 0 Å². The normalized spacial score (nSPS) is 13.1. The summed E-state index contributed by atoms with van der Waals surface area (Å²) in [6.07, 6.45) is 4.97. The first-order chi connectivity index (χ1) is 22.1. The smallest absolute Gasteiger partial charge is 0.340 e. The SMILES string of the molecule is CCCC1=C(C)c2cc3[nH]c(cc4[nH]c(cc5nc(c(CCC(=O)OC)c1n2)C(C(=O)OC)=C5C)c(CC)c4C)c(CCC)c3C. The quantitative estimate of drug-likeness (QED) is 0.232. The molecule has 0 saturated heterocycles. The number of hydrogen-bond acceptors (Lipinski definition) is 6. The molecule has 0 unspecified atom stereocenters. The molecular formula is C38H46N4O4. The highest BCUT2D eigenvalue weighted by Gasteiger charge is 2.30. The van der Waals surface area contributed by atoms with Gasteiger partial charge in [-0.1, -0.05) is 33.6 Å². The highest BCUT2D eigenvalue weighted by atomic mass is 16.5. The summed E-state index contributed by atoms with van der Waals surface area (Å²) in [5.41, 5.74) is 15.9. The third kappa shape index (κ3) is 5.81. The number of fused-ring (bicyclic) bond motifs is 8. The zero-order valence-electron chi connectivity index (χ0n) is 28.7. The first kappa shape index (κ1) is 32.9. The third-order valence-corrected chi connectivity index (χ3v) is 9.46. The van der Waals surface area contributed by atoms with E-state index in [0.29, 0.717) is 23.4 Å². The lowest BCUT2D eigenvalue weighted by atomic mass is 9.93. The van der Waals surface area contributed by atoms with Crippen LogP contribution in [0.2, 0.25) is 0 Å². The minimum Gasteiger partial charge on any atom is -0.469 e. The average molecular weight is 623 g/mol. The summed E-state index contributed by atoms with van der Waals surface area (Å²) in [5.74, 6) is -0.803. The Morgan fingerprint density at radius 3 is 1.89 bits per heavy atom. The average Bonchev–Trinajstić information content (AvgIpc) is 3.72. The van der Waals surface area contributed by atoms with Crippen LogP contribution in [0.1, 0.15) is 111 Å². The van der Waals surface area contributed by atoms with Gasteiger partial charge in [-0.3, -0.25) is 4.79 Å². The molecule has 3 aromatic heterocycles. The van der Waals surface area contributed by atoms with Gasteiger partial charge >= 0.3 is 11.9 Å². The number of ether oxygens (including phenoxy) is 2. The summed E-state index contributed by atoms with van der Waals surface area (Å²) in [6.45, 7) is 14.9. The lowest BCUT2D eigenvalue weighted by molar-refractivity contribution is -0.140. The maximum Gasteiger partial charge on any atom is 0.340 e. The van der Waals surface area contributed by atoms with Gasteiger partial charge in [-0.25, -0.2) is 14.8 Å². The van der Waals surface area contributed by atoms with Crippen molar-refractivity contribution in [1.82, 2.24) is 19.9 Å². The highest BCUT2D eigenvalue weighted by Crippen LogP contribution is 2.40. The lowest BCUT2D eigenvalue weighted by Crippen LogP contribution is -2.10. The monoisotopic (exact) mass is 622 g/mol. The van der Waals surface area contributed by atoms with E-state index in [-0.39, 0.29) is 12.4 Å². The van der Waals surface area contributed by atoms with Crippen LogP contribution in [-0.2, 0) is 38.3 Å². The van der Waals surface area contributed by atoms with E-state index in [0.717, 1.165) is 87.8 Å². The number of esters is 2. The number of aromatic nitrogens is 4. The zero-order chi connectivity index (χ0) is 33.3. The molecule has 0 spiro atoms. The van der Waals surface area contributed by atoms with Crippen LogP contribution in [0.4, 0.5) is 0 Å². The standard InChI is InChI=1S/C38H46N4O4/c1-10-13-25-21(5)28-17-30-22(6)26(14-11-2)36(41-30)27(15-16-34(43)45-8)37-35(38(44)46-9)23(7)31(42-37)19-32-24(12-3)20(4)29(39-32)18-33(25)40-28/h17-19,39-40H,10-16H2,1-9H3. The van der Waals surface area contributed by atoms with E-state index in [2.05, 4.69) is 63.6 Å². The summed E-state index contributed by atoms with van der Waals surface area (Å²) in [7, 11) is 2.77. The van der Waals surface area contributed by atoms with E-state index in [4.69, 9.17) is 19.4 Å². The van der Waals surface area contributed by atoms with Crippen molar-refractivity contribution in [3.8, 4) is 0 Å². The molecule has 8 nitrogen and oxygen atoms in total.